The van der Waals surface area contributed by atoms with Crippen LogP contribution in [-0.2, 0) is 11.8 Å². The number of rotatable bonds is 3. The Balaban J connectivity index is 1.81. The summed E-state index contributed by atoms with van der Waals surface area (Å²) >= 11 is 0. The van der Waals surface area contributed by atoms with Crippen LogP contribution in [0.25, 0.3) is 11.0 Å². The lowest BCUT2D eigenvalue weighted by Crippen LogP contribution is -2.37. The smallest absolute Gasteiger partial charge is 0.242 e. The Morgan fingerprint density at radius 2 is 2.10 bits per heavy atom. The highest BCUT2D eigenvalue weighted by molar-refractivity contribution is 5.89. The lowest BCUT2D eigenvalue weighted by Gasteiger charge is -2.22. The number of amides is 1. The SMILES string of the molecule is CN(CC(=O)N1CCCC1)c1ncnc2c1cnn2C. The lowest BCUT2D eigenvalue weighted by molar-refractivity contribution is -0.128. The molecule has 0 atom stereocenters. The molecule has 1 amide bonds. The van der Waals surface area contributed by atoms with Crippen molar-refractivity contribution < 1.29 is 4.79 Å². The molecule has 106 valence electrons. The highest BCUT2D eigenvalue weighted by atomic mass is 16.2. The molecule has 3 rings (SSSR count). The molecule has 1 fully saturated rings. The summed E-state index contributed by atoms with van der Waals surface area (Å²) in [6, 6.07) is 0. The maximum absolute atomic E-state index is 12.2. The predicted molar refractivity (Wildman–Crippen MR) is 75.4 cm³/mol. The number of anilines is 1. The van der Waals surface area contributed by atoms with Gasteiger partial charge in [-0.1, -0.05) is 0 Å². The Kier molecular flexibility index (Phi) is 3.25. The molecular weight excluding hydrogens is 256 g/mol. The Morgan fingerprint density at radius 1 is 1.35 bits per heavy atom. The van der Waals surface area contributed by atoms with Crippen molar-refractivity contribution in [3.05, 3.63) is 12.5 Å². The second-order valence-electron chi connectivity index (χ2n) is 5.15. The fourth-order valence-corrected chi connectivity index (χ4v) is 2.60. The second kappa shape index (κ2) is 5.07. The van der Waals surface area contributed by atoms with Gasteiger partial charge >= 0.3 is 0 Å². The number of nitrogens with zero attached hydrogens (tertiary/aromatic N) is 6. The van der Waals surface area contributed by atoms with Gasteiger partial charge in [-0.2, -0.15) is 5.10 Å². The molecule has 0 aromatic carbocycles. The molecule has 1 aliphatic heterocycles. The van der Waals surface area contributed by atoms with E-state index in [0.717, 1.165) is 42.8 Å². The molecule has 0 spiro atoms. The highest BCUT2D eigenvalue weighted by Gasteiger charge is 2.20. The van der Waals surface area contributed by atoms with E-state index in [0.29, 0.717) is 6.54 Å². The van der Waals surface area contributed by atoms with E-state index in [1.54, 1.807) is 10.9 Å². The average molecular weight is 274 g/mol. The van der Waals surface area contributed by atoms with Crippen LogP contribution in [0, 0.1) is 0 Å². The van der Waals surface area contributed by atoms with Crippen LogP contribution in [0.4, 0.5) is 5.82 Å². The van der Waals surface area contributed by atoms with Gasteiger partial charge in [0, 0.05) is 27.2 Å². The number of hydrogen-bond acceptors (Lipinski definition) is 5. The molecule has 2 aromatic rings. The summed E-state index contributed by atoms with van der Waals surface area (Å²) in [7, 11) is 3.72. The molecule has 0 radical (unpaired) electrons. The standard InChI is InChI=1S/C13H18N6O/c1-17(8-11(20)19-5-3-4-6-19)12-10-7-16-18(2)13(10)15-9-14-12/h7,9H,3-6,8H2,1-2H3. The van der Waals surface area contributed by atoms with Crippen LogP contribution < -0.4 is 4.90 Å². The molecule has 1 aliphatic rings. The monoisotopic (exact) mass is 274 g/mol. The first-order valence-corrected chi connectivity index (χ1v) is 6.78. The molecule has 0 aliphatic carbocycles. The first-order chi connectivity index (χ1) is 9.66. The van der Waals surface area contributed by atoms with E-state index < -0.39 is 0 Å². The number of fused-ring (bicyclic) bond motifs is 1. The number of carbonyl (C=O) groups excluding carboxylic acids is 1. The number of aryl methyl sites for hydroxylation is 1. The highest BCUT2D eigenvalue weighted by Crippen LogP contribution is 2.21. The van der Waals surface area contributed by atoms with Crippen LogP contribution in [0.1, 0.15) is 12.8 Å². The number of likely N-dealkylation sites (tertiary alicyclic amines) is 1. The van der Waals surface area contributed by atoms with Gasteiger partial charge < -0.3 is 9.80 Å². The van der Waals surface area contributed by atoms with Crippen molar-refractivity contribution in [3.8, 4) is 0 Å². The fraction of sp³-hybridized carbons (Fsp3) is 0.538. The molecular formula is C13H18N6O. The topological polar surface area (TPSA) is 67.2 Å². The summed E-state index contributed by atoms with van der Waals surface area (Å²) in [6.07, 6.45) is 5.46. The minimum atomic E-state index is 0.153. The predicted octanol–water partition coefficient (Wildman–Crippen LogP) is 0.422. The Morgan fingerprint density at radius 3 is 2.85 bits per heavy atom. The zero-order valence-electron chi connectivity index (χ0n) is 11.8. The maximum atomic E-state index is 12.2. The molecule has 3 heterocycles. The summed E-state index contributed by atoms with van der Waals surface area (Å²) in [5.74, 6) is 0.899. The maximum Gasteiger partial charge on any atom is 0.242 e. The summed E-state index contributed by atoms with van der Waals surface area (Å²) < 4.78 is 1.71. The Labute approximate surface area is 117 Å². The minimum Gasteiger partial charge on any atom is -0.350 e. The number of aromatic nitrogens is 4. The second-order valence-corrected chi connectivity index (χ2v) is 5.15. The van der Waals surface area contributed by atoms with E-state index in [1.807, 2.05) is 23.9 Å². The van der Waals surface area contributed by atoms with Crippen LogP contribution in [0.3, 0.4) is 0 Å². The molecule has 1 saturated heterocycles. The zero-order chi connectivity index (χ0) is 14.1. The van der Waals surface area contributed by atoms with E-state index in [2.05, 4.69) is 15.1 Å². The first kappa shape index (κ1) is 12.8. The summed E-state index contributed by atoms with van der Waals surface area (Å²) in [4.78, 5) is 24.5. The van der Waals surface area contributed by atoms with Crippen LogP contribution >= 0.6 is 0 Å². The molecule has 7 heteroatoms. The van der Waals surface area contributed by atoms with Gasteiger partial charge in [-0.15, -0.1) is 0 Å². The van der Waals surface area contributed by atoms with E-state index in [-0.39, 0.29) is 5.91 Å². The van der Waals surface area contributed by atoms with E-state index in [9.17, 15) is 4.79 Å². The van der Waals surface area contributed by atoms with Crippen molar-refractivity contribution >= 4 is 22.8 Å². The Bertz CT molecular complexity index is 631. The van der Waals surface area contributed by atoms with Crippen molar-refractivity contribution in [1.82, 2.24) is 24.6 Å². The number of hydrogen-bond donors (Lipinski definition) is 0. The van der Waals surface area contributed by atoms with Gasteiger partial charge in [0.25, 0.3) is 0 Å². The summed E-state index contributed by atoms with van der Waals surface area (Å²) in [6.45, 7) is 2.08. The van der Waals surface area contributed by atoms with Crippen molar-refractivity contribution in [2.24, 2.45) is 7.05 Å². The third-order valence-electron chi connectivity index (χ3n) is 3.70. The van der Waals surface area contributed by atoms with Crippen molar-refractivity contribution in [3.63, 3.8) is 0 Å². The van der Waals surface area contributed by atoms with Gasteiger partial charge in [0.05, 0.1) is 18.1 Å². The molecule has 0 unspecified atom stereocenters. The van der Waals surface area contributed by atoms with Crippen molar-refractivity contribution in [1.29, 1.82) is 0 Å². The van der Waals surface area contributed by atoms with Crippen molar-refractivity contribution in [2.45, 2.75) is 12.8 Å². The quantitative estimate of drug-likeness (QED) is 0.811. The minimum absolute atomic E-state index is 0.153. The van der Waals surface area contributed by atoms with Crippen molar-refractivity contribution in [2.75, 3.05) is 31.6 Å². The summed E-state index contributed by atoms with van der Waals surface area (Å²) in [5, 5.41) is 5.05. The normalized spacial score (nSPS) is 15.0. The third kappa shape index (κ3) is 2.19. The summed E-state index contributed by atoms with van der Waals surface area (Å²) in [5.41, 5.74) is 0.774. The van der Waals surface area contributed by atoms with Gasteiger partial charge in [0.2, 0.25) is 5.91 Å². The number of carbonyl (C=O) groups is 1. The van der Waals surface area contributed by atoms with Gasteiger partial charge in [-0.05, 0) is 12.8 Å². The molecule has 0 saturated carbocycles. The molecule has 0 bridgehead atoms. The molecule has 20 heavy (non-hydrogen) atoms. The Hall–Kier alpha value is -2.18. The lowest BCUT2D eigenvalue weighted by atomic mass is 10.3. The van der Waals surface area contributed by atoms with Crippen LogP contribution in [-0.4, -0.2) is 57.2 Å². The van der Waals surface area contributed by atoms with E-state index in [4.69, 9.17) is 0 Å². The van der Waals surface area contributed by atoms with Crippen LogP contribution in [0.2, 0.25) is 0 Å². The van der Waals surface area contributed by atoms with Gasteiger partial charge in [-0.3, -0.25) is 9.48 Å². The van der Waals surface area contributed by atoms with Crippen LogP contribution in [0.15, 0.2) is 12.5 Å². The average Bonchev–Trinajstić information content (AvgIpc) is 3.09. The van der Waals surface area contributed by atoms with Gasteiger partial charge in [-0.25, -0.2) is 9.97 Å². The largest absolute Gasteiger partial charge is 0.350 e. The molecule has 0 N–H and O–H groups in total. The first-order valence-electron chi connectivity index (χ1n) is 6.78. The zero-order valence-corrected chi connectivity index (χ0v) is 11.8. The van der Waals surface area contributed by atoms with Gasteiger partial charge in [0.1, 0.15) is 12.1 Å². The molecule has 7 nitrogen and oxygen atoms in total. The molecule has 2 aromatic heterocycles. The van der Waals surface area contributed by atoms with Gasteiger partial charge in [0.15, 0.2) is 5.65 Å². The van der Waals surface area contributed by atoms with Crippen LogP contribution in [0.5, 0.6) is 0 Å². The fourth-order valence-electron chi connectivity index (χ4n) is 2.60. The van der Waals surface area contributed by atoms with E-state index >= 15 is 0 Å². The number of likely N-dealkylation sites (N-methyl/N-ethyl adjacent to an activating group) is 1. The van der Waals surface area contributed by atoms with E-state index in [1.165, 1.54) is 6.33 Å². The third-order valence-corrected chi connectivity index (χ3v) is 3.70.